The fraction of sp³-hybridized carbons (Fsp3) is 0.0556. The van der Waals surface area contributed by atoms with E-state index < -0.39 is 0 Å². The van der Waals surface area contributed by atoms with Crippen molar-refractivity contribution in [3.05, 3.63) is 72.0 Å². The average Bonchev–Trinajstić information content (AvgIpc) is 2.48. The van der Waals surface area contributed by atoms with E-state index in [9.17, 15) is 9.18 Å². The molecule has 3 rings (SSSR count). The van der Waals surface area contributed by atoms with Crippen LogP contribution in [-0.4, -0.2) is 6.29 Å². The number of benzene rings is 3. The zero-order valence-electron chi connectivity index (χ0n) is 10.8. The van der Waals surface area contributed by atoms with Crippen molar-refractivity contribution in [3.8, 4) is 11.1 Å². The van der Waals surface area contributed by atoms with Gasteiger partial charge < -0.3 is 4.79 Å². The number of aldehydes is 1. The molecule has 98 valence electrons. The van der Waals surface area contributed by atoms with Crippen LogP contribution in [-0.2, 0) is 11.2 Å². The van der Waals surface area contributed by atoms with Crippen LogP contribution in [0, 0.1) is 5.82 Å². The SMILES string of the molecule is O=CCc1cc(-c2ccc(F)cc2)c2ccccc2c1. The molecule has 0 unspecified atom stereocenters. The van der Waals surface area contributed by atoms with E-state index >= 15 is 0 Å². The molecule has 0 radical (unpaired) electrons. The molecule has 0 amide bonds. The minimum atomic E-state index is -0.248. The lowest BCUT2D eigenvalue weighted by atomic mass is 9.95. The lowest BCUT2D eigenvalue weighted by Crippen LogP contribution is -1.89. The third-order valence-corrected chi connectivity index (χ3v) is 3.40. The Labute approximate surface area is 116 Å². The maximum Gasteiger partial charge on any atom is 0.124 e. The summed E-state index contributed by atoms with van der Waals surface area (Å²) in [5, 5.41) is 2.19. The fourth-order valence-electron chi connectivity index (χ4n) is 2.46. The first-order chi connectivity index (χ1) is 9.78. The van der Waals surface area contributed by atoms with Crippen molar-refractivity contribution in [2.75, 3.05) is 0 Å². The van der Waals surface area contributed by atoms with E-state index in [1.54, 1.807) is 12.1 Å². The molecule has 0 saturated carbocycles. The van der Waals surface area contributed by atoms with Gasteiger partial charge in [0.25, 0.3) is 0 Å². The predicted octanol–water partition coefficient (Wildman–Crippen LogP) is 4.39. The smallest absolute Gasteiger partial charge is 0.124 e. The molecule has 0 bridgehead atoms. The second-order valence-electron chi connectivity index (χ2n) is 4.74. The first-order valence-corrected chi connectivity index (χ1v) is 6.49. The van der Waals surface area contributed by atoms with Crippen LogP contribution < -0.4 is 0 Å². The van der Waals surface area contributed by atoms with Gasteiger partial charge in [-0.1, -0.05) is 48.5 Å². The van der Waals surface area contributed by atoms with Gasteiger partial charge in [0.2, 0.25) is 0 Å². The quantitative estimate of drug-likeness (QED) is 0.641. The Kier molecular flexibility index (Phi) is 3.30. The van der Waals surface area contributed by atoms with Crippen molar-refractivity contribution in [2.45, 2.75) is 6.42 Å². The summed E-state index contributed by atoms with van der Waals surface area (Å²) in [4.78, 5) is 10.8. The molecule has 0 aliphatic heterocycles. The zero-order valence-corrected chi connectivity index (χ0v) is 10.8. The maximum atomic E-state index is 13.1. The number of carbonyl (C=O) groups excluding carboxylic acids is 1. The van der Waals surface area contributed by atoms with E-state index in [4.69, 9.17) is 0 Å². The molecule has 0 aliphatic carbocycles. The van der Waals surface area contributed by atoms with Crippen LogP contribution in [0.5, 0.6) is 0 Å². The van der Waals surface area contributed by atoms with E-state index in [2.05, 4.69) is 0 Å². The van der Waals surface area contributed by atoms with E-state index in [0.717, 1.165) is 33.7 Å². The third-order valence-electron chi connectivity index (χ3n) is 3.40. The minimum absolute atomic E-state index is 0.248. The zero-order chi connectivity index (χ0) is 13.9. The number of hydrogen-bond donors (Lipinski definition) is 0. The summed E-state index contributed by atoms with van der Waals surface area (Å²) >= 11 is 0. The number of halogens is 1. The van der Waals surface area contributed by atoms with Gasteiger partial charge in [-0.2, -0.15) is 0 Å². The van der Waals surface area contributed by atoms with Gasteiger partial charge in [-0.25, -0.2) is 4.39 Å². The summed E-state index contributed by atoms with van der Waals surface area (Å²) in [6.45, 7) is 0. The van der Waals surface area contributed by atoms with Gasteiger partial charge in [-0.15, -0.1) is 0 Å². The highest BCUT2D eigenvalue weighted by molar-refractivity contribution is 5.97. The Bertz CT molecular complexity index is 760. The lowest BCUT2D eigenvalue weighted by Gasteiger charge is -2.09. The highest BCUT2D eigenvalue weighted by Gasteiger charge is 2.06. The summed E-state index contributed by atoms with van der Waals surface area (Å²) < 4.78 is 13.1. The van der Waals surface area contributed by atoms with Crippen LogP contribution in [0.2, 0.25) is 0 Å². The normalized spacial score (nSPS) is 10.7. The van der Waals surface area contributed by atoms with Crippen molar-refractivity contribution >= 4 is 17.1 Å². The average molecular weight is 264 g/mol. The van der Waals surface area contributed by atoms with Gasteiger partial charge in [-0.3, -0.25) is 0 Å². The molecule has 0 saturated heterocycles. The number of hydrogen-bond acceptors (Lipinski definition) is 1. The molecule has 2 heteroatoms. The molecule has 0 spiro atoms. The van der Waals surface area contributed by atoms with Crippen LogP contribution in [0.15, 0.2) is 60.7 Å². The Morgan fingerprint density at radius 1 is 0.950 bits per heavy atom. The molecular formula is C18H13FO. The lowest BCUT2D eigenvalue weighted by molar-refractivity contribution is -0.107. The number of fused-ring (bicyclic) bond motifs is 1. The molecule has 0 fully saturated rings. The van der Waals surface area contributed by atoms with Gasteiger partial charge >= 0.3 is 0 Å². The molecule has 0 atom stereocenters. The summed E-state index contributed by atoms with van der Waals surface area (Å²) in [7, 11) is 0. The summed E-state index contributed by atoms with van der Waals surface area (Å²) in [6.07, 6.45) is 1.29. The monoisotopic (exact) mass is 264 g/mol. The maximum absolute atomic E-state index is 13.1. The summed E-state index contributed by atoms with van der Waals surface area (Å²) in [5.41, 5.74) is 2.95. The third kappa shape index (κ3) is 2.32. The summed E-state index contributed by atoms with van der Waals surface area (Å²) in [6, 6.07) is 18.5. The van der Waals surface area contributed by atoms with Crippen LogP contribution in [0.25, 0.3) is 21.9 Å². The van der Waals surface area contributed by atoms with E-state index in [1.807, 2.05) is 36.4 Å². The molecule has 0 heterocycles. The van der Waals surface area contributed by atoms with Crippen molar-refractivity contribution in [1.82, 2.24) is 0 Å². The molecule has 0 aromatic heterocycles. The van der Waals surface area contributed by atoms with Crippen molar-refractivity contribution in [3.63, 3.8) is 0 Å². The van der Waals surface area contributed by atoms with Gasteiger partial charge in [0, 0.05) is 6.42 Å². The topological polar surface area (TPSA) is 17.1 Å². The van der Waals surface area contributed by atoms with Crippen LogP contribution >= 0.6 is 0 Å². The Morgan fingerprint density at radius 2 is 1.70 bits per heavy atom. The van der Waals surface area contributed by atoms with Gasteiger partial charge in [0.05, 0.1) is 0 Å². The van der Waals surface area contributed by atoms with Crippen molar-refractivity contribution in [2.24, 2.45) is 0 Å². The highest BCUT2D eigenvalue weighted by Crippen LogP contribution is 2.30. The second-order valence-corrected chi connectivity index (χ2v) is 4.74. The van der Waals surface area contributed by atoms with Gasteiger partial charge in [0.1, 0.15) is 12.1 Å². The van der Waals surface area contributed by atoms with Gasteiger partial charge in [0.15, 0.2) is 0 Å². The van der Waals surface area contributed by atoms with Crippen LogP contribution in [0.3, 0.4) is 0 Å². The minimum Gasteiger partial charge on any atom is -0.303 e. The van der Waals surface area contributed by atoms with E-state index in [1.165, 1.54) is 12.1 Å². The van der Waals surface area contributed by atoms with E-state index in [0.29, 0.717) is 6.42 Å². The Balaban J connectivity index is 2.26. The largest absolute Gasteiger partial charge is 0.303 e. The van der Waals surface area contributed by atoms with Gasteiger partial charge in [-0.05, 0) is 39.6 Å². The second kappa shape index (κ2) is 5.25. The number of carbonyl (C=O) groups is 1. The molecular weight excluding hydrogens is 251 g/mol. The molecule has 20 heavy (non-hydrogen) atoms. The van der Waals surface area contributed by atoms with Crippen molar-refractivity contribution in [1.29, 1.82) is 0 Å². The summed E-state index contributed by atoms with van der Waals surface area (Å²) in [5.74, 6) is -0.248. The molecule has 3 aromatic rings. The number of rotatable bonds is 3. The highest BCUT2D eigenvalue weighted by atomic mass is 19.1. The van der Waals surface area contributed by atoms with E-state index in [-0.39, 0.29) is 5.82 Å². The first-order valence-electron chi connectivity index (χ1n) is 6.49. The fourth-order valence-corrected chi connectivity index (χ4v) is 2.46. The molecule has 0 aliphatic rings. The predicted molar refractivity (Wildman–Crippen MR) is 79.1 cm³/mol. The Hall–Kier alpha value is -2.48. The Morgan fingerprint density at radius 3 is 2.45 bits per heavy atom. The molecule has 1 nitrogen and oxygen atoms in total. The van der Waals surface area contributed by atoms with Crippen molar-refractivity contribution < 1.29 is 9.18 Å². The standard InChI is InChI=1S/C18H13FO/c19-16-7-5-14(6-8-16)18-12-13(9-10-20)11-15-3-1-2-4-17(15)18/h1-8,10-12H,9H2. The van der Waals surface area contributed by atoms with Crippen LogP contribution in [0.4, 0.5) is 4.39 Å². The molecule has 0 N–H and O–H groups in total. The first kappa shape index (κ1) is 12.5. The van der Waals surface area contributed by atoms with Crippen LogP contribution in [0.1, 0.15) is 5.56 Å². The molecule has 3 aromatic carbocycles.